The second-order valence-corrected chi connectivity index (χ2v) is 4.26. The number of methoxy groups -OCH3 is 1. The zero-order valence-electron chi connectivity index (χ0n) is 9.82. The number of hydrogen-bond acceptors (Lipinski definition) is 4. The summed E-state index contributed by atoms with van der Waals surface area (Å²) in [5, 5.41) is 3.41. The normalized spacial score (nSPS) is 21.7. The van der Waals surface area contributed by atoms with Crippen molar-refractivity contribution in [2.45, 2.75) is 19.1 Å². The molecule has 1 saturated heterocycles. The third-order valence-corrected chi connectivity index (χ3v) is 3.08. The van der Waals surface area contributed by atoms with Gasteiger partial charge in [0.05, 0.1) is 18.6 Å². The van der Waals surface area contributed by atoms with E-state index in [2.05, 4.69) is 10.2 Å². The summed E-state index contributed by atoms with van der Waals surface area (Å²) in [4.78, 5) is 2.44. The highest BCUT2D eigenvalue weighted by atomic mass is 16.5. The molecule has 0 amide bonds. The van der Waals surface area contributed by atoms with Crippen molar-refractivity contribution in [2.24, 2.45) is 0 Å². The quantitative estimate of drug-likeness (QED) is 0.734. The lowest BCUT2D eigenvalue weighted by atomic mass is 10.3. The van der Waals surface area contributed by atoms with E-state index in [1.54, 1.807) is 19.6 Å². The number of nitrogens with one attached hydrogen (secondary N) is 1. The lowest BCUT2D eigenvalue weighted by Crippen LogP contribution is -2.31. The number of ether oxygens (including phenoxy) is 1. The van der Waals surface area contributed by atoms with Gasteiger partial charge in [-0.05, 0) is 12.5 Å². The van der Waals surface area contributed by atoms with Gasteiger partial charge in [-0.2, -0.15) is 0 Å². The molecule has 1 unspecified atom stereocenters. The van der Waals surface area contributed by atoms with E-state index in [0.29, 0.717) is 6.10 Å². The van der Waals surface area contributed by atoms with Crippen molar-refractivity contribution in [2.75, 3.05) is 33.3 Å². The van der Waals surface area contributed by atoms with Crippen LogP contribution in [0.1, 0.15) is 12.0 Å². The van der Waals surface area contributed by atoms with Gasteiger partial charge in [0, 0.05) is 45.4 Å². The molecule has 1 N–H and O–H groups in total. The molecular weight excluding hydrogens is 204 g/mol. The van der Waals surface area contributed by atoms with E-state index in [1.165, 1.54) is 5.56 Å². The summed E-state index contributed by atoms with van der Waals surface area (Å²) in [7, 11) is 1.80. The Kier molecular flexibility index (Phi) is 4.39. The molecule has 0 bridgehead atoms. The fourth-order valence-electron chi connectivity index (χ4n) is 2.06. The fraction of sp³-hybridized carbons (Fsp3) is 0.667. The summed E-state index contributed by atoms with van der Waals surface area (Å²) < 4.78 is 10.3. The van der Waals surface area contributed by atoms with E-state index in [-0.39, 0.29) is 0 Å². The van der Waals surface area contributed by atoms with Crippen LogP contribution in [-0.4, -0.2) is 44.3 Å². The molecule has 0 radical (unpaired) electrons. The lowest BCUT2D eigenvalue weighted by Gasteiger charge is -2.15. The van der Waals surface area contributed by atoms with Crippen molar-refractivity contribution in [1.29, 1.82) is 0 Å². The second-order valence-electron chi connectivity index (χ2n) is 4.26. The van der Waals surface area contributed by atoms with Crippen molar-refractivity contribution in [3.8, 4) is 0 Å². The number of hydrogen-bond donors (Lipinski definition) is 1. The minimum atomic E-state index is 0.439. The highest BCUT2D eigenvalue weighted by molar-refractivity contribution is 5.04. The number of nitrogens with zero attached hydrogens (tertiary/aromatic N) is 1. The Hall–Kier alpha value is -0.840. The van der Waals surface area contributed by atoms with Gasteiger partial charge in [0.1, 0.15) is 0 Å². The van der Waals surface area contributed by atoms with Gasteiger partial charge in [0.15, 0.2) is 0 Å². The Morgan fingerprint density at radius 3 is 3.25 bits per heavy atom. The maximum absolute atomic E-state index is 5.33. The minimum Gasteiger partial charge on any atom is -0.472 e. The van der Waals surface area contributed by atoms with Crippen LogP contribution in [0, 0.1) is 0 Å². The first-order valence-corrected chi connectivity index (χ1v) is 5.85. The van der Waals surface area contributed by atoms with E-state index in [9.17, 15) is 0 Å². The Morgan fingerprint density at radius 1 is 1.62 bits per heavy atom. The largest absolute Gasteiger partial charge is 0.472 e. The van der Waals surface area contributed by atoms with Gasteiger partial charge in [0.25, 0.3) is 0 Å². The molecule has 1 aliphatic heterocycles. The first-order valence-electron chi connectivity index (χ1n) is 5.85. The summed E-state index contributed by atoms with van der Waals surface area (Å²) in [6, 6.07) is 1.99. The van der Waals surface area contributed by atoms with Crippen LogP contribution in [0.15, 0.2) is 23.0 Å². The van der Waals surface area contributed by atoms with Crippen LogP contribution in [0.4, 0.5) is 0 Å². The highest BCUT2D eigenvalue weighted by Crippen LogP contribution is 2.10. The number of likely N-dealkylation sites (tertiary alicyclic amines) is 1. The average molecular weight is 224 g/mol. The molecule has 1 fully saturated rings. The highest BCUT2D eigenvalue weighted by Gasteiger charge is 2.20. The maximum atomic E-state index is 5.33. The molecule has 1 aromatic rings. The average Bonchev–Trinajstić information content (AvgIpc) is 2.95. The van der Waals surface area contributed by atoms with Crippen LogP contribution in [-0.2, 0) is 11.3 Å². The van der Waals surface area contributed by atoms with Crippen molar-refractivity contribution in [3.05, 3.63) is 24.2 Å². The van der Waals surface area contributed by atoms with Gasteiger partial charge in [-0.3, -0.25) is 4.90 Å². The van der Waals surface area contributed by atoms with Crippen LogP contribution in [0.25, 0.3) is 0 Å². The molecule has 16 heavy (non-hydrogen) atoms. The molecule has 4 nitrogen and oxygen atoms in total. The van der Waals surface area contributed by atoms with Gasteiger partial charge in [0.2, 0.25) is 0 Å². The van der Waals surface area contributed by atoms with Gasteiger partial charge >= 0.3 is 0 Å². The van der Waals surface area contributed by atoms with Crippen LogP contribution in [0.2, 0.25) is 0 Å². The maximum Gasteiger partial charge on any atom is 0.0947 e. The summed E-state index contributed by atoms with van der Waals surface area (Å²) in [5.41, 5.74) is 1.20. The summed E-state index contributed by atoms with van der Waals surface area (Å²) in [6.45, 7) is 5.23. The van der Waals surface area contributed by atoms with Gasteiger partial charge in [-0.15, -0.1) is 0 Å². The van der Waals surface area contributed by atoms with Gasteiger partial charge in [-0.25, -0.2) is 0 Å². The van der Waals surface area contributed by atoms with Crippen LogP contribution < -0.4 is 5.32 Å². The topological polar surface area (TPSA) is 37.6 Å². The smallest absolute Gasteiger partial charge is 0.0947 e. The fourth-order valence-corrected chi connectivity index (χ4v) is 2.06. The van der Waals surface area contributed by atoms with Crippen molar-refractivity contribution in [1.82, 2.24) is 10.2 Å². The van der Waals surface area contributed by atoms with Gasteiger partial charge < -0.3 is 14.5 Å². The zero-order chi connectivity index (χ0) is 11.2. The third-order valence-electron chi connectivity index (χ3n) is 3.08. The van der Waals surface area contributed by atoms with Crippen LogP contribution in [0.3, 0.4) is 0 Å². The molecule has 0 saturated carbocycles. The van der Waals surface area contributed by atoms with E-state index in [4.69, 9.17) is 9.15 Å². The lowest BCUT2D eigenvalue weighted by molar-refractivity contribution is 0.108. The standard InChI is InChI=1S/C12H20N2O2/c1-15-12-2-5-14(9-12)6-4-13-8-11-3-7-16-10-11/h3,7,10,12-13H,2,4-6,8-9H2,1H3. The van der Waals surface area contributed by atoms with E-state index in [0.717, 1.165) is 39.1 Å². The van der Waals surface area contributed by atoms with Crippen molar-refractivity contribution >= 4 is 0 Å². The monoisotopic (exact) mass is 224 g/mol. The van der Waals surface area contributed by atoms with E-state index in [1.807, 2.05) is 6.07 Å². The van der Waals surface area contributed by atoms with Crippen molar-refractivity contribution in [3.63, 3.8) is 0 Å². The second kappa shape index (κ2) is 6.03. The molecule has 0 aliphatic carbocycles. The molecule has 90 valence electrons. The zero-order valence-corrected chi connectivity index (χ0v) is 9.82. The Balaban J connectivity index is 1.55. The number of furan rings is 1. The molecule has 0 aromatic carbocycles. The Morgan fingerprint density at radius 2 is 2.56 bits per heavy atom. The SMILES string of the molecule is COC1CCN(CCNCc2ccoc2)C1. The van der Waals surface area contributed by atoms with Crippen LogP contribution in [0.5, 0.6) is 0 Å². The molecule has 1 aromatic heterocycles. The summed E-state index contributed by atoms with van der Waals surface area (Å²) in [5.74, 6) is 0. The van der Waals surface area contributed by atoms with Crippen molar-refractivity contribution < 1.29 is 9.15 Å². The molecule has 2 rings (SSSR count). The molecule has 1 aliphatic rings. The molecule has 0 spiro atoms. The predicted molar refractivity (Wildman–Crippen MR) is 62.3 cm³/mol. The summed E-state index contributed by atoms with van der Waals surface area (Å²) >= 11 is 0. The molecular formula is C12H20N2O2. The minimum absolute atomic E-state index is 0.439. The Bertz CT molecular complexity index is 287. The van der Waals surface area contributed by atoms with Crippen LogP contribution >= 0.6 is 0 Å². The Labute approximate surface area is 96.6 Å². The van der Waals surface area contributed by atoms with Gasteiger partial charge in [-0.1, -0.05) is 0 Å². The number of rotatable bonds is 6. The van der Waals surface area contributed by atoms with E-state index < -0.39 is 0 Å². The predicted octanol–water partition coefficient (Wildman–Crippen LogP) is 1.09. The first kappa shape index (κ1) is 11.6. The molecule has 4 heteroatoms. The first-order chi connectivity index (χ1) is 7.88. The third kappa shape index (κ3) is 3.33. The van der Waals surface area contributed by atoms with E-state index >= 15 is 0 Å². The summed E-state index contributed by atoms with van der Waals surface area (Å²) in [6.07, 6.45) is 5.09. The molecule has 1 atom stereocenters. The molecule has 2 heterocycles.